The van der Waals surface area contributed by atoms with Crippen LogP contribution in [0.5, 0.6) is 0 Å². The number of alkyl halides is 3. The Morgan fingerprint density at radius 1 is 1.15 bits per heavy atom. The van der Waals surface area contributed by atoms with Crippen LogP contribution in [0.1, 0.15) is 37.1 Å². The number of aromatic nitrogens is 4. The minimum Gasteiger partial charge on any atom is -0.309 e. The van der Waals surface area contributed by atoms with Gasteiger partial charge in [-0.15, -0.1) is 10.2 Å². The molecule has 0 radical (unpaired) electrons. The van der Waals surface area contributed by atoms with Gasteiger partial charge in [0.15, 0.2) is 21.5 Å². The smallest absolute Gasteiger partial charge is 0.309 e. The zero-order valence-corrected chi connectivity index (χ0v) is 18.6. The summed E-state index contributed by atoms with van der Waals surface area (Å²) < 4.78 is 77.8. The lowest BCUT2D eigenvalue weighted by Gasteiger charge is -2.11. The molecule has 1 fully saturated rings. The van der Waals surface area contributed by atoms with Crippen LogP contribution >= 0.6 is 0 Å². The summed E-state index contributed by atoms with van der Waals surface area (Å²) in [5, 5.41) is 7.35. The van der Waals surface area contributed by atoms with Gasteiger partial charge in [-0.05, 0) is 36.0 Å². The summed E-state index contributed by atoms with van der Waals surface area (Å²) in [5.41, 5.74) is 2.51. The predicted molar refractivity (Wildman–Crippen MR) is 115 cm³/mol. The maximum atomic E-state index is 13.4. The quantitative estimate of drug-likeness (QED) is 0.460. The molecule has 11 heteroatoms. The summed E-state index contributed by atoms with van der Waals surface area (Å²) in [6, 6.07) is 9.28. The lowest BCUT2D eigenvalue weighted by molar-refractivity contribution is -0.107. The van der Waals surface area contributed by atoms with E-state index in [9.17, 15) is 26.0 Å². The van der Waals surface area contributed by atoms with Crippen molar-refractivity contribution in [1.29, 1.82) is 0 Å². The van der Waals surface area contributed by atoms with E-state index >= 15 is 0 Å². The highest BCUT2D eigenvalue weighted by molar-refractivity contribution is 7.91. The van der Waals surface area contributed by atoms with Crippen LogP contribution in [0.3, 0.4) is 0 Å². The molecule has 0 aliphatic heterocycles. The van der Waals surface area contributed by atoms with Crippen molar-refractivity contribution in [2.75, 3.05) is 5.75 Å². The summed E-state index contributed by atoms with van der Waals surface area (Å²) in [7, 11) is -2.48. The van der Waals surface area contributed by atoms with Crippen molar-refractivity contribution in [3.8, 4) is 22.6 Å². The molecule has 4 rings (SSSR count). The zero-order chi connectivity index (χ0) is 24.0. The SMILES string of the molecule is CCS(=O)(=O)c1cc(-c2ccc(C3CC3)cc2)cnc1-c1nnc(/C=C(\F)C(F)(F)F)n1C. The van der Waals surface area contributed by atoms with E-state index in [0.717, 1.165) is 23.0 Å². The van der Waals surface area contributed by atoms with E-state index in [1.165, 1.54) is 31.8 Å². The standard InChI is InChI=1S/C22H20F4N4O2S/c1-3-33(31,32)17-10-16(15-8-6-14(7-9-15)13-4-5-13)12-27-20(17)21-29-28-19(30(21)2)11-18(23)22(24,25)26/h6-13H,3-5H2,1-2H3/b18-11-. The first kappa shape index (κ1) is 23.1. The Balaban J connectivity index is 1.79. The molecule has 0 saturated heterocycles. The highest BCUT2D eigenvalue weighted by Crippen LogP contribution is 2.40. The van der Waals surface area contributed by atoms with Crippen LogP contribution < -0.4 is 0 Å². The van der Waals surface area contributed by atoms with E-state index in [2.05, 4.69) is 15.2 Å². The Morgan fingerprint density at radius 3 is 2.39 bits per heavy atom. The molecule has 2 aromatic heterocycles. The lowest BCUT2D eigenvalue weighted by atomic mass is 10.0. The molecule has 174 valence electrons. The molecule has 0 bridgehead atoms. The maximum absolute atomic E-state index is 13.4. The Kier molecular flexibility index (Phi) is 5.85. The van der Waals surface area contributed by atoms with Gasteiger partial charge in [-0.1, -0.05) is 31.2 Å². The molecule has 0 N–H and O–H groups in total. The highest BCUT2D eigenvalue weighted by Gasteiger charge is 2.35. The molecule has 0 amide bonds. The molecular weight excluding hydrogens is 460 g/mol. The van der Waals surface area contributed by atoms with E-state index in [1.807, 2.05) is 24.3 Å². The van der Waals surface area contributed by atoms with Gasteiger partial charge in [0.25, 0.3) is 0 Å². The van der Waals surface area contributed by atoms with Crippen molar-refractivity contribution in [2.24, 2.45) is 7.05 Å². The Morgan fingerprint density at radius 2 is 1.82 bits per heavy atom. The minimum absolute atomic E-state index is 0.0720. The average molecular weight is 480 g/mol. The molecule has 2 heterocycles. The van der Waals surface area contributed by atoms with Crippen molar-refractivity contribution in [2.45, 2.75) is 36.8 Å². The van der Waals surface area contributed by atoms with E-state index in [4.69, 9.17) is 0 Å². The molecule has 1 aliphatic rings. The number of hydrogen-bond acceptors (Lipinski definition) is 5. The Labute approximate surface area is 187 Å². The first-order valence-electron chi connectivity index (χ1n) is 10.2. The van der Waals surface area contributed by atoms with Crippen LogP contribution in [0.15, 0.2) is 47.3 Å². The molecular formula is C22H20F4N4O2S. The van der Waals surface area contributed by atoms with E-state index in [-0.39, 0.29) is 28.2 Å². The molecule has 6 nitrogen and oxygen atoms in total. The van der Waals surface area contributed by atoms with Crippen LogP contribution in [0.25, 0.3) is 28.7 Å². The van der Waals surface area contributed by atoms with Crippen molar-refractivity contribution in [3.05, 3.63) is 53.7 Å². The molecule has 1 saturated carbocycles. The van der Waals surface area contributed by atoms with Gasteiger partial charge in [0.05, 0.1) is 10.6 Å². The van der Waals surface area contributed by atoms with Gasteiger partial charge in [0.1, 0.15) is 5.69 Å². The Hall–Kier alpha value is -3.08. The molecule has 0 atom stereocenters. The van der Waals surface area contributed by atoms with Crippen LogP contribution in [0.4, 0.5) is 17.6 Å². The highest BCUT2D eigenvalue weighted by atomic mass is 32.2. The normalized spacial score (nSPS) is 15.2. The Bertz CT molecular complexity index is 1330. The van der Waals surface area contributed by atoms with Gasteiger partial charge in [0.2, 0.25) is 5.83 Å². The summed E-state index contributed by atoms with van der Waals surface area (Å²) in [6.07, 6.45) is -1.18. The number of benzene rings is 1. The van der Waals surface area contributed by atoms with Gasteiger partial charge in [-0.25, -0.2) is 12.8 Å². The summed E-state index contributed by atoms with van der Waals surface area (Å²) in [4.78, 5) is 4.14. The van der Waals surface area contributed by atoms with Crippen molar-refractivity contribution < 1.29 is 26.0 Å². The van der Waals surface area contributed by atoms with Gasteiger partial charge in [0, 0.05) is 24.9 Å². The fraction of sp³-hybridized carbons (Fsp3) is 0.318. The third-order valence-corrected chi connectivity index (χ3v) is 7.25. The fourth-order valence-corrected chi connectivity index (χ4v) is 4.45. The molecule has 3 aromatic rings. The number of nitrogens with zero attached hydrogens (tertiary/aromatic N) is 4. The third kappa shape index (κ3) is 4.68. The number of rotatable bonds is 6. The van der Waals surface area contributed by atoms with E-state index in [0.29, 0.717) is 11.5 Å². The molecule has 0 unspecified atom stereocenters. The summed E-state index contributed by atoms with van der Waals surface area (Å²) in [6.45, 7) is 1.47. The monoisotopic (exact) mass is 480 g/mol. The first-order chi connectivity index (χ1) is 15.5. The third-order valence-electron chi connectivity index (χ3n) is 5.51. The molecule has 0 spiro atoms. The van der Waals surface area contributed by atoms with Crippen molar-refractivity contribution >= 4 is 15.9 Å². The maximum Gasteiger partial charge on any atom is 0.443 e. The van der Waals surface area contributed by atoms with E-state index in [1.54, 1.807) is 0 Å². The van der Waals surface area contributed by atoms with Gasteiger partial charge < -0.3 is 4.57 Å². The van der Waals surface area contributed by atoms with E-state index < -0.39 is 27.7 Å². The summed E-state index contributed by atoms with van der Waals surface area (Å²) >= 11 is 0. The largest absolute Gasteiger partial charge is 0.443 e. The molecule has 33 heavy (non-hydrogen) atoms. The summed E-state index contributed by atoms with van der Waals surface area (Å²) in [5.74, 6) is -2.51. The molecule has 1 aliphatic carbocycles. The van der Waals surface area contributed by atoms with Crippen LogP contribution in [0, 0.1) is 0 Å². The van der Waals surface area contributed by atoms with Gasteiger partial charge >= 0.3 is 6.18 Å². The number of pyridine rings is 1. The second-order valence-corrected chi connectivity index (χ2v) is 10.0. The van der Waals surface area contributed by atoms with Crippen LogP contribution in [-0.2, 0) is 16.9 Å². The zero-order valence-electron chi connectivity index (χ0n) is 17.8. The lowest BCUT2D eigenvalue weighted by Crippen LogP contribution is -2.10. The number of hydrogen-bond donors (Lipinski definition) is 0. The number of allylic oxidation sites excluding steroid dienone is 1. The second-order valence-electron chi connectivity index (χ2n) is 7.80. The number of halogens is 4. The number of sulfone groups is 1. The van der Waals surface area contributed by atoms with Crippen LogP contribution in [0.2, 0.25) is 0 Å². The fourth-order valence-electron chi connectivity index (χ4n) is 3.40. The van der Waals surface area contributed by atoms with Crippen molar-refractivity contribution in [1.82, 2.24) is 19.7 Å². The topological polar surface area (TPSA) is 77.7 Å². The first-order valence-corrected chi connectivity index (χ1v) is 11.8. The second kappa shape index (κ2) is 8.36. The van der Waals surface area contributed by atoms with Gasteiger partial charge in [-0.2, -0.15) is 13.2 Å². The molecule has 1 aromatic carbocycles. The van der Waals surface area contributed by atoms with Crippen molar-refractivity contribution in [3.63, 3.8) is 0 Å². The predicted octanol–water partition coefficient (Wildman–Crippen LogP) is 5.09. The van der Waals surface area contributed by atoms with Gasteiger partial charge in [-0.3, -0.25) is 4.98 Å². The minimum atomic E-state index is -5.17. The average Bonchev–Trinajstić information content (AvgIpc) is 3.57. The van der Waals surface area contributed by atoms with Crippen LogP contribution in [-0.4, -0.2) is 40.1 Å².